The van der Waals surface area contributed by atoms with Crippen LogP contribution >= 0.6 is 0 Å². The highest BCUT2D eigenvalue weighted by Gasteiger charge is 2.31. The third-order valence-corrected chi connectivity index (χ3v) is 2.70. The van der Waals surface area contributed by atoms with Crippen LogP contribution in [-0.2, 0) is 14.3 Å². The van der Waals surface area contributed by atoms with Gasteiger partial charge in [-0.15, -0.1) is 13.2 Å². The summed E-state index contributed by atoms with van der Waals surface area (Å²) < 4.78 is 4.99. The van der Waals surface area contributed by atoms with E-state index in [2.05, 4.69) is 18.5 Å². The molecule has 19 heavy (non-hydrogen) atoms. The van der Waals surface area contributed by atoms with Crippen LogP contribution in [0.3, 0.4) is 0 Å². The Kier molecular flexibility index (Phi) is 7.75. The molecule has 2 N–H and O–H groups in total. The van der Waals surface area contributed by atoms with Crippen molar-refractivity contribution in [3.63, 3.8) is 0 Å². The van der Waals surface area contributed by atoms with Crippen LogP contribution in [-0.4, -0.2) is 36.2 Å². The van der Waals surface area contributed by atoms with E-state index in [-0.39, 0.29) is 24.9 Å². The molecule has 0 fully saturated rings. The summed E-state index contributed by atoms with van der Waals surface area (Å²) in [6, 6.07) is 0. The van der Waals surface area contributed by atoms with Crippen molar-refractivity contribution in [1.82, 2.24) is 5.32 Å². The predicted molar refractivity (Wildman–Crippen MR) is 73.8 cm³/mol. The highest BCUT2D eigenvalue weighted by molar-refractivity contribution is 5.80. The molecule has 5 nitrogen and oxygen atoms in total. The number of rotatable bonds is 10. The lowest BCUT2D eigenvalue weighted by Crippen LogP contribution is -2.52. The van der Waals surface area contributed by atoms with Gasteiger partial charge in [0.25, 0.3) is 0 Å². The van der Waals surface area contributed by atoms with Gasteiger partial charge in [0.05, 0.1) is 18.6 Å². The van der Waals surface area contributed by atoms with Crippen molar-refractivity contribution >= 4 is 11.9 Å². The Morgan fingerprint density at radius 3 is 2.26 bits per heavy atom. The van der Waals surface area contributed by atoms with E-state index in [9.17, 15) is 9.59 Å². The molecule has 0 spiro atoms. The fraction of sp³-hybridized carbons (Fsp3) is 0.571. The topological polar surface area (TPSA) is 75.6 Å². The summed E-state index contributed by atoms with van der Waals surface area (Å²) in [5, 5.41) is 11.6. The third kappa shape index (κ3) is 6.76. The molecule has 0 aromatic heterocycles. The SMILES string of the molecule is C=CCC(CC=C)C(=O)NC(C)(COC)CC(=O)O. The van der Waals surface area contributed by atoms with E-state index >= 15 is 0 Å². The zero-order chi connectivity index (χ0) is 14.9. The van der Waals surface area contributed by atoms with Crippen LogP contribution in [0, 0.1) is 5.92 Å². The average Bonchev–Trinajstić information content (AvgIpc) is 2.27. The van der Waals surface area contributed by atoms with Crippen LogP contribution in [0.15, 0.2) is 25.3 Å². The monoisotopic (exact) mass is 269 g/mol. The number of aliphatic carboxylic acids is 1. The van der Waals surface area contributed by atoms with Gasteiger partial charge in [-0.3, -0.25) is 9.59 Å². The van der Waals surface area contributed by atoms with Crippen molar-refractivity contribution in [3.8, 4) is 0 Å². The minimum Gasteiger partial charge on any atom is -0.481 e. The zero-order valence-electron chi connectivity index (χ0n) is 11.6. The molecule has 0 aliphatic rings. The van der Waals surface area contributed by atoms with E-state index in [4.69, 9.17) is 9.84 Å². The first-order valence-electron chi connectivity index (χ1n) is 6.13. The van der Waals surface area contributed by atoms with Crippen LogP contribution < -0.4 is 5.32 Å². The van der Waals surface area contributed by atoms with Crippen LogP contribution in [0.4, 0.5) is 0 Å². The van der Waals surface area contributed by atoms with Gasteiger partial charge in [0.1, 0.15) is 0 Å². The summed E-state index contributed by atoms with van der Waals surface area (Å²) in [5.41, 5.74) is -0.918. The fourth-order valence-corrected chi connectivity index (χ4v) is 1.90. The molecular weight excluding hydrogens is 246 g/mol. The molecule has 0 heterocycles. The molecule has 0 radical (unpaired) electrons. The van der Waals surface area contributed by atoms with Gasteiger partial charge in [0.15, 0.2) is 0 Å². The Morgan fingerprint density at radius 2 is 1.89 bits per heavy atom. The first-order valence-corrected chi connectivity index (χ1v) is 6.13. The number of carboxylic acid groups (broad SMARTS) is 1. The summed E-state index contributed by atoms with van der Waals surface area (Å²) in [7, 11) is 1.47. The molecule has 0 aromatic rings. The van der Waals surface area contributed by atoms with Gasteiger partial charge in [0, 0.05) is 13.0 Å². The van der Waals surface area contributed by atoms with Crippen molar-refractivity contribution in [2.45, 2.75) is 31.7 Å². The van der Waals surface area contributed by atoms with Gasteiger partial charge in [0.2, 0.25) is 5.91 Å². The first-order chi connectivity index (χ1) is 8.88. The number of amides is 1. The normalized spacial score (nSPS) is 13.6. The lowest BCUT2D eigenvalue weighted by atomic mass is 9.94. The molecule has 0 aliphatic heterocycles. The van der Waals surface area contributed by atoms with Crippen LogP contribution in [0.2, 0.25) is 0 Å². The maximum Gasteiger partial charge on any atom is 0.305 e. The van der Waals surface area contributed by atoms with E-state index in [1.807, 2.05) is 0 Å². The van der Waals surface area contributed by atoms with Crippen molar-refractivity contribution in [2.24, 2.45) is 5.92 Å². The molecule has 1 atom stereocenters. The number of carbonyl (C=O) groups is 2. The standard InChI is InChI=1S/C14H23NO4/c1-5-7-11(8-6-2)13(18)15-14(3,10-19-4)9-12(16)17/h5-6,11H,1-2,7-10H2,3-4H3,(H,15,18)(H,16,17). The number of carboxylic acids is 1. The second kappa shape index (κ2) is 8.48. The maximum absolute atomic E-state index is 12.1. The summed E-state index contributed by atoms with van der Waals surface area (Å²) in [4.78, 5) is 23.0. The van der Waals surface area contributed by atoms with Crippen molar-refractivity contribution in [1.29, 1.82) is 0 Å². The first kappa shape index (κ1) is 17.4. The molecule has 0 rings (SSSR count). The Hall–Kier alpha value is -1.62. The Labute approximate surface area is 114 Å². The molecule has 0 bridgehead atoms. The van der Waals surface area contributed by atoms with Crippen LogP contribution in [0.25, 0.3) is 0 Å². The molecular formula is C14H23NO4. The summed E-state index contributed by atoms with van der Waals surface area (Å²) in [6.07, 6.45) is 4.18. The zero-order valence-corrected chi connectivity index (χ0v) is 11.6. The van der Waals surface area contributed by atoms with E-state index in [0.717, 1.165) is 0 Å². The Morgan fingerprint density at radius 1 is 1.37 bits per heavy atom. The molecule has 0 aliphatic carbocycles. The average molecular weight is 269 g/mol. The second-order valence-electron chi connectivity index (χ2n) is 4.80. The van der Waals surface area contributed by atoms with Crippen LogP contribution in [0.5, 0.6) is 0 Å². The van der Waals surface area contributed by atoms with Crippen molar-refractivity contribution in [2.75, 3.05) is 13.7 Å². The lowest BCUT2D eigenvalue weighted by molar-refractivity contribution is -0.140. The van der Waals surface area contributed by atoms with Gasteiger partial charge in [-0.1, -0.05) is 12.2 Å². The maximum atomic E-state index is 12.1. The van der Waals surface area contributed by atoms with Gasteiger partial charge >= 0.3 is 5.97 Å². The molecule has 108 valence electrons. The smallest absolute Gasteiger partial charge is 0.305 e. The third-order valence-electron chi connectivity index (χ3n) is 2.70. The summed E-state index contributed by atoms with van der Waals surface area (Å²) in [6.45, 7) is 9.02. The van der Waals surface area contributed by atoms with Crippen LogP contribution in [0.1, 0.15) is 26.2 Å². The van der Waals surface area contributed by atoms with Gasteiger partial charge in [-0.05, 0) is 19.8 Å². The fourth-order valence-electron chi connectivity index (χ4n) is 1.90. The molecule has 0 saturated carbocycles. The summed E-state index contributed by atoms with van der Waals surface area (Å²) in [5.74, 6) is -1.47. The molecule has 1 unspecified atom stereocenters. The predicted octanol–water partition coefficient (Wildman–Crippen LogP) is 1.75. The van der Waals surface area contributed by atoms with E-state index in [1.54, 1.807) is 19.1 Å². The minimum absolute atomic E-state index is 0.139. The van der Waals surface area contributed by atoms with Crippen molar-refractivity contribution in [3.05, 3.63) is 25.3 Å². The number of methoxy groups -OCH3 is 1. The summed E-state index contributed by atoms with van der Waals surface area (Å²) >= 11 is 0. The molecule has 0 saturated heterocycles. The van der Waals surface area contributed by atoms with Crippen molar-refractivity contribution < 1.29 is 19.4 Å². The number of ether oxygens (including phenoxy) is 1. The lowest BCUT2D eigenvalue weighted by Gasteiger charge is -2.30. The van der Waals surface area contributed by atoms with Gasteiger partial charge < -0.3 is 15.2 Å². The van der Waals surface area contributed by atoms with E-state index in [0.29, 0.717) is 12.8 Å². The quantitative estimate of drug-likeness (QED) is 0.592. The largest absolute Gasteiger partial charge is 0.481 e. The number of carbonyl (C=O) groups excluding carboxylic acids is 1. The number of nitrogens with one attached hydrogen (secondary N) is 1. The Bertz CT molecular complexity index is 330. The Balaban J connectivity index is 4.79. The highest BCUT2D eigenvalue weighted by Crippen LogP contribution is 2.15. The number of hydrogen-bond donors (Lipinski definition) is 2. The number of allylic oxidation sites excluding steroid dienone is 2. The number of hydrogen-bond acceptors (Lipinski definition) is 3. The van der Waals surface area contributed by atoms with Gasteiger partial charge in [-0.2, -0.15) is 0 Å². The molecule has 0 aromatic carbocycles. The van der Waals surface area contributed by atoms with E-state index < -0.39 is 11.5 Å². The second-order valence-corrected chi connectivity index (χ2v) is 4.80. The molecule has 1 amide bonds. The van der Waals surface area contributed by atoms with E-state index in [1.165, 1.54) is 7.11 Å². The minimum atomic E-state index is -0.983. The molecule has 5 heteroatoms. The highest BCUT2D eigenvalue weighted by atomic mass is 16.5. The van der Waals surface area contributed by atoms with Gasteiger partial charge in [-0.25, -0.2) is 0 Å².